The van der Waals surface area contributed by atoms with Crippen LogP contribution in [0.5, 0.6) is 0 Å². The highest BCUT2D eigenvalue weighted by molar-refractivity contribution is 7.71. The number of aromatic nitrogens is 3. The minimum absolute atomic E-state index is 0.132. The number of hydrogen-bond acceptors (Lipinski definition) is 5. The van der Waals surface area contributed by atoms with Crippen LogP contribution >= 0.6 is 12.2 Å². The number of benzene rings is 1. The van der Waals surface area contributed by atoms with Gasteiger partial charge >= 0.3 is 5.69 Å². The molecule has 0 atom stereocenters. The number of methoxy groups -OCH3 is 1. The average molecular weight is 316 g/mol. The molecule has 0 unspecified atom stereocenters. The van der Waals surface area contributed by atoms with E-state index in [0.717, 1.165) is 12.1 Å². The number of aromatic amines is 1. The molecule has 2 aromatic rings. The van der Waals surface area contributed by atoms with Crippen molar-refractivity contribution in [2.45, 2.75) is 6.54 Å². The van der Waals surface area contributed by atoms with Crippen molar-refractivity contribution in [1.82, 2.24) is 14.8 Å². The highest BCUT2D eigenvalue weighted by atomic mass is 32.1. The number of halogens is 2. The fraction of sp³-hybridized carbons (Fsp3) is 0.273. The first kappa shape index (κ1) is 15.2. The van der Waals surface area contributed by atoms with E-state index in [1.165, 1.54) is 11.7 Å². The van der Waals surface area contributed by atoms with Crippen LogP contribution in [-0.2, 0) is 11.3 Å². The van der Waals surface area contributed by atoms with Gasteiger partial charge in [-0.3, -0.25) is 19.8 Å². The summed E-state index contributed by atoms with van der Waals surface area (Å²) in [6.45, 7) is 0.432. The molecule has 0 bridgehead atoms. The number of nitro benzene ring substituents is 1. The molecular weight excluding hydrogens is 306 g/mol. The summed E-state index contributed by atoms with van der Waals surface area (Å²) < 4.78 is 34.4. The second-order valence-corrected chi connectivity index (χ2v) is 4.40. The molecule has 1 heterocycles. The van der Waals surface area contributed by atoms with Gasteiger partial charge in [0.25, 0.3) is 0 Å². The quantitative estimate of drug-likeness (QED) is 0.520. The maximum atomic E-state index is 14.2. The molecule has 1 N–H and O–H groups in total. The van der Waals surface area contributed by atoms with Crippen molar-refractivity contribution >= 4 is 17.9 Å². The van der Waals surface area contributed by atoms with Crippen molar-refractivity contribution in [3.63, 3.8) is 0 Å². The third-order valence-corrected chi connectivity index (χ3v) is 3.08. The number of hydrogen-bond donors (Lipinski definition) is 1. The number of ether oxygens (including phenoxy) is 1. The maximum absolute atomic E-state index is 14.2. The van der Waals surface area contributed by atoms with Gasteiger partial charge < -0.3 is 4.74 Å². The minimum Gasteiger partial charge on any atom is -0.383 e. The van der Waals surface area contributed by atoms with Crippen LogP contribution in [0.25, 0.3) is 11.4 Å². The molecule has 0 aliphatic rings. The van der Waals surface area contributed by atoms with Crippen LogP contribution in [0.3, 0.4) is 0 Å². The summed E-state index contributed by atoms with van der Waals surface area (Å²) in [5, 5.41) is 16.9. The minimum atomic E-state index is -1.30. The van der Waals surface area contributed by atoms with E-state index in [0.29, 0.717) is 0 Å². The molecule has 1 aromatic heterocycles. The topological polar surface area (TPSA) is 86.0 Å². The molecule has 0 spiro atoms. The van der Waals surface area contributed by atoms with E-state index in [1.807, 2.05) is 0 Å². The molecule has 0 fully saturated rings. The molecule has 0 saturated heterocycles. The smallest absolute Gasteiger partial charge is 0.305 e. The SMILES string of the molecule is COCCn1c(-c2c(F)ccc([N+](=O)[O-])c2F)n[nH]c1=S. The fourth-order valence-electron chi connectivity index (χ4n) is 1.79. The van der Waals surface area contributed by atoms with Gasteiger partial charge in [-0.15, -0.1) is 0 Å². The Morgan fingerprint density at radius 3 is 2.86 bits per heavy atom. The number of nitrogens with zero attached hydrogens (tertiary/aromatic N) is 3. The molecule has 7 nitrogen and oxygen atoms in total. The molecule has 0 amide bonds. The van der Waals surface area contributed by atoms with Crippen molar-refractivity contribution in [3.8, 4) is 11.4 Å². The fourth-order valence-corrected chi connectivity index (χ4v) is 2.01. The normalized spacial score (nSPS) is 10.8. The third kappa shape index (κ3) is 2.81. The lowest BCUT2D eigenvalue weighted by Crippen LogP contribution is -2.08. The largest absolute Gasteiger partial charge is 0.383 e. The monoisotopic (exact) mass is 316 g/mol. The highest BCUT2D eigenvalue weighted by Crippen LogP contribution is 2.30. The Balaban J connectivity index is 2.65. The molecule has 0 radical (unpaired) electrons. The summed E-state index contributed by atoms with van der Waals surface area (Å²) in [6.07, 6.45) is 0. The van der Waals surface area contributed by atoms with Gasteiger partial charge in [0.2, 0.25) is 5.82 Å². The number of nitro groups is 1. The van der Waals surface area contributed by atoms with Crippen molar-refractivity contribution in [2.24, 2.45) is 0 Å². The third-order valence-electron chi connectivity index (χ3n) is 2.77. The van der Waals surface area contributed by atoms with E-state index in [9.17, 15) is 18.9 Å². The van der Waals surface area contributed by atoms with Crippen LogP contribution in [0, 0.1) is 26.5 Å². The van der Waals surface area contributed by atoms with E-state index < -0.39 is 27.8 Å². The van der Waals surface area contributed by atoms with Gasteiger partial charge in [-0.1, -0.05) is 0 Å². The first-order chi connectivity index (χ1) is 9.97. The number of nitrogens with one attached hydrogen (secondary N) is 1. The molecule has 1 aromatic carbocycles. The zero-order chi connectivity index (χ0) is 15.6. The van der Waals surface area contributed by atoms with Gasteiger partial charge in [0, 0.05) is 13.2 Å². The summed E-state index contributed by atoms with van der Waals surface area (Å²) in [7, 11) is 1.46. The molecule has 0 aliphatic heterocycles. The number of rotatable bonds is 5. The Labute approximate surface area is 122 Å². The second kappa shape index (κ2) is 6.06. The first-order valence-corrected chi connectivity index (χ1v) is 6.15. The predicted molar refractivity (Wildman–Crippen MR) is 71.3 cm³/mol. The van der Waals surface area contributed by atoms with Crippen LogP contribution in [0.2, 0.25) is 0 Å². The van der Waals surface area contributed by atoms with Crippen LogP contribution in [0.4, 0.5) is 14.5 Å². The Morgan fingerprint density at radius 1 is 1.52 bits per heavy atom. The maximum Gasteiger partial charge on any atom is 0.305 e. The van der Waals surface area contributed by atoms with Gasteiger partial charge in [0.05, 0.1) is 23.6 Å². The van der Waals surface area contributed by atoms with Gasteiger partial charge in [-0.2, -0.15) is 9.49 Å². The van der Waals surface area contributed by atoms with Crippen molar-refractivity contribution in [2.75, 3.05) is 13.7 Å². The first-order valence-electron chi connectivity index (χ1n) is 5.74. The molecule has 2 rings (SSSR count). The van der Waals surface area contributed by atoms with Crippen molar-refractivity contribution in [1.29, 1.82) is 0 Å². The average Bonchev–Trinajstić information content (AvgIpc) is 2.77. The van der Waals surface area contributed by atoms with E-state index in [1.54, 1.807) is 0 Å². The molecule has 112 valence electrons. The van der Waals surface area contributed by atoms with Gasteiger partial charge in [0.15, 0.2) is 10.6 Å². The molecule has 21 heavy (non-hydrogen) atoms. The second-order valence-electron chi connectivity index (χ2n) is 4.01. The van der Waals surface area contributed by atoms with Crippen LogP contribution in [0.15, 0.2) is 12.1 Å². The standard InChI is InChI=1S/C11H10F2N4O3S/c1-20-5-4-16-10(14-15-11(16)21)8-6(12)2-3-7(9(8)13)17(18)19/h2-3H,4-5H2,1H3,(H,15,21). The molecule has 0 aliphatic carbocycles. The van der Waals surface area contributed by atoms with Gasteiger partial charge in [-0.25, -0.2) is 4.39 Å². The Morgan fingerprint density at radius 2 is 2.24 bits per heavy atom. The van der Waals surface area contributed by atoms with Crippen molar-refractivity contribution < 1.29 is 18.4 Å². The molecule has 0 saturated carbocycles. The summed E-state index contributed by atoms with van der Waals surface area (Å²) in [5.41, 5.74) is -1.44. The zero-order valence-electron chi connectivity index (χ0n) is 10.8. The van der Waals surface area contributed by atoms with Crippen molar-refractivity contribution in [3.05, 3.63) is 38.7 Å². The summed E-state index contributed by atoms with van der Waals surface area (Å²) in [4.78, 5) is 9.81. The Hall–Kier alpha value is -2.20. The summed E-state index contributed by atoms with van der Waals surface area (Å²) in [5.74, 6) is -2.42. The van der Waals surface area contributed by atoms with Crippen LogP contribution in [0.1, 0.15) is 0 Å². The van der Waals surface area contributed by atoms with E-state index in [-0.39, 0.29) is 23.7 Å². The highest BCUT2D eigenvalue weighted by Gasteiger charge is 2.25. The van der Waals surface area contributed by atoms with Gasteiger partial charge in [-0.05, 0) is 18.3 Å². The lowest BCUT2D eigenvalue weighted by molar-refractivity contribution is -0.387. The summed E-state index contributed by atoms with van der Waals surface area (Å²) in [6, 6.07) is 1.57. The Bertz CT molecular complexity index is 744. The van der Waals surface area contributed by atoms with E-state index in [4.69, 9.17) is 17.0 Å². The Kier molecular flexibility index (Phi) is 4.38. The lowest BCUT2D eigenvalue weighted by Gasteiger charge is -2.08. The molecule has 10 heteroatoms. The van der Waals surface area contributed by atoms with E-state index >= 15 is 0 Å². The summed E-state index contributed by atoms with van der Waals surface area (Å²) >= 11 is 4.97. The van der Waals surface area contributed by atoms with Crippen LogP contribution < -0.4 is 0 Å². The lowest BCUT2D eigenvalue weighted by atomic mass is 10.1. The van der Waals surface area contributed by atoms with Gasteiger partial charge in [0.1, 0.15) is 5.82 Å². The number of H-pyrrole nitrogens is 1. The van der Waals surface area contributed by atoms with Crippen LogP contribution in [-0.4, -0.2) is 33.4 Å². The molecular formula is C11H10F2N4O3S. The zero-order valence-corrected chi connectivity index (χ0v) is 11.6. The predicted octanol–water partition coefficient (Wildman–Crippen LogP) is 2.44. The van der Waals surface area contributed by atoms with E-state index in [2.05, 4.69) is 10.2 Å².